The Morgan fingerprint density at radius 1 is 1.40 bits per heavy atom. The summed E-state index contributed by atoms with van der Waals surface area (Å²) >= 11 is 1.64. The molecule has 1 saturated heterocycles. The number of amides is 1. The Balaban J connectivity index is 1.55. The molecule has 1 amide bonds. The molecule has 1 aliphatic carbocycles. The van der Waals surface area contributed by atoms with Crippen LogP contribution in [-0.2, 0) is 22.4 Å². The zero-order valence-corrected chi connectivity index (χ0v) is 12.4. The van der Waals surface area contributed by atoms with E-state index in [0.717, 1.165) is 31.1 Å². The van der Waals surface area contributed by atoms with Crippen molar-refractivity contribution in [1.29, 1.82) is 0 Å². The first-order valence-corrected chi connectivity index (χ1v) is 8.22. The standard InChI is InChI=1S/C14H21N3O2S/c18-13(8-10-9-19-7-6-15-10)17-14-16-11-4-2-1-3-5-12(11)20-14/h10,15H,1-9H2,(H,16,17,18). The number of ether oxygens (including phenoxy) is 1. The molecule has 2 aliphatic rings. The van der Waals surface area contributed by atoms with Gasteiger partial charge in [0, 0.05) is 23.9 Å². The summed E-state index contributed by atoms with van der Waals surface area (Å²) in [6, 6.07) is 0.126. The fourth-order valence-electron chi connectivity index (χ4n) is 2.73. The number of carbonyl (C=O) groups is 1. The second kappa shape index (κ2) is 6.65. The first-order chi connectivity index (χ1) is 9.81. The monoisotopic (exact) mass is 295 g/mol. The van der Waals surface area contributed by atoms with Crippen LogP contribution in [-0.4, -0.2) is 36.7 Å². The Morgan fingerprint density at radius 2 is 2.30 bits per heavy atom. The van der Waals surface area contributed by atoms with Gasteiger partial charge >= 0.3 is 0 Å². The maximum absolute atomic E-state index is 12.0. The van der Waals surface area contributed by atoms with Gasteiger partial charge in [0.1, 0.15) is 0 Å². The van der Waals surface area contributed by atoms with Crippen LogP contribution < -0.4 is 10.6 Å². The number of aryl methyl sites for hydroxylation is 2. The van der Waals surface area contributed by atoms with Crippen LogP contribution in [0, 0.1) is 0 Å². The highest BCUT2D eigenvalue weighted by Crippen LogP contribution is 2.28. The van der Waals surface area contributed by atoms with Crippen molar-refractivity contribution < 1.29 is 9.53 Å². The van der Waals surface area contributed by atoms with Crippen molar-refractivity contribution in [2.75, 3.05) is 25.1 Å². The number of rotatable bonds is 3. The highest BCUT2D eigenvalue weighted by atomic mass is 32.1. The number of fused-ring (bicyclic) bond motifs is 1. The molecule has 5 nitrogen and oxygen atoms in total. The molecule has 6 heteroatoms. The predicted molar refractivity (Wildman–Crippen MR) is 79.2 cm³/mol. The molecular formula is C14H21N3O2S. The Hall–Kier alpha value is -0.980. The average molecular weight is 295 g/mol. The van der Waals surface area contributed by atoms with E-state index < -0.39 is 0 Å². The minimum Gasteiger partial charge on any atom is -0.378 e. The van der Waals surface area contributed by atoms with Crippen LogP contribution in [0.1, 0.15) is 36.3 Å². The minimum absolute atomic E-state index is 0.0249. The average Bonchev–Trinajstić information content (AvgIpc) is 2.68. The number of nitrogens with one attached hydrogen (secondary N) is 2. The second-order valence-corrected chi connectivity index (χ2v) is 6.51. The molecule has 1 aromatic heterocycles. The summed E-state index contributed by atoms with van der Waals surface area (Å²) in [6.45, 7) is 2.17. The molecule has 0 saturated carbocycles. The second-order valence-electron chi connectivity index (χ2n) is 5.43. The van der Waals surface area contributed by atoms with E-state index in [0.29, 0.717) is 13.0 Å². The van der Waals surface area contributed by atoms with Crippen LogP contribution in [0.4, 0.5) is 5.13 Å². The summed E-state index contributed by atoms with van der Waals surface area (Å²) in [4.78, 5) is 18.0. The zero-order chi connectivity index (χ0) is 13.8. The molecule has 0 bridgehead atoms. The van der Waals surface area contributed by atoms with Crippen LogP contribution in [0.5, 0.6) is 0 Å². The summed E-state index contributed by atoms with van der Waals surface area (Å²) in [5, 5.41) is 6.99. The molecule has 0 radical (unpaired) electrons. The van der Waals surface area contributed by atoms with Gasteiger partial charge in [-0.15, -0.1) is 11.3 Å². The molecule has 3 rings (SSSR count). The zero-order valence-electron chi connectivity index (χ0n) is 11.6. The van der Waals surface area contributed by atoms with Gasteiger partial charge in [-0.25, -0.2) is 4.98 Å². The van der Waals surface area contributed by atoms with E-state index >= 15 is 0 Å². The van der Waals surface area contributed by atoms with Crippen molar-refractivity contribution in [3.8, 4) is 0 Å². The van der Waals surface area contributed by atoms with Crippen molar-refractivity contribution in [2.24, 2.45) is 0 Å². The van der Waals surface area contributed by atoms with Gasteiger partial charge in [-0.3, -0.25) is 4.79 Å². The van der Waals surface area contributed by atoms with Gasteiger partial charge in [-0.05, 0) is 25.7 Å². The number of thiazole rings is 1. The predicted octanol–water partition coefficient (Wildman–Crippen LogP) is 1.73. The molecule has 1 unspecified atom stereocenters. The maximum atomic E-state index is 12.0. The molecule has 1 aliphatic heterocycles. The summed E-state index contributed by atoms with van der Waals surface area (Å²) in [6.07, 6.45) is 6.36. The van der Waals surface area contributed by atoms with Crippen molar-refractivity contribution in [3.63, 3.8) is 0 Å². The van der Waals surface area contributed by atoms with Gasteiger partial charge in [0.05, 0.1) is 18.9 Å². The van der Waals surface area contributed by atoms with Crippen LogP contribution >= 0.6 is 11.3 Å². The van der Waals surface area contributed by atoms with E-state index in [1.54, 1.807) is 11.3 Å². The molecule has 110 valence electrons. The largest absolute Gasteiger partial charge is 0.378 e. The molecule has 1 fully saturated rings. The van der Waals surface area contributed by atoms with Crippen LogP contribution in [0.25, 0.3) is 0 Å². The number of carbonyl (C=O) groups excluding carboxylic acids is 1. The molecule has 20 heavy (non-hydrogen) atoms. The molecule has 1 atom stereocenters. The first-order valence-electron chi connectivity index (χ1n) is 7.41. The SMILES string of the molecule is O=C(CC1COCCN1)Nc1nc2c(s1)CCCCC2. The van der Waals surface area contributed by atoms with Crippen molar-refractivity contribution in [2.45, 2.75) is 44.6 Å². The van der Waals surface area contributed by atoms with E-state index in [2.05, 4.69) is 15.6 Å². The van der Waals surface area contributed by atoms with E-state index in [-0.39, 0.29) is 11.9 Å². The number of anilines is 1. The lowest BCUT2D eigenvalue weighted by atomic mass is 10.2. The van der Waals surface area contributed by atoms with Crippen LogP contribution in [0.2, 0.25) is 0 Å². The van der Waals surface area contributed by atoms with Crippen molar-refractivity contribution >= 4 is 22.4 Å². The smallest absolute Gasteiger partial charge is 0.227 e. The third-order valence-electron chi connectivity index (χ3n) is 3.77. The van der Waals surface area contributed by atoms with E-state index in [4.69, 9.17) is 4.74 Å². The van der Waals surface area contributed by atoms with Crippen molar-refractivity contribution in [3.05, 3.63) is 10.6 Å². The molecule has 0 aromatic carbocycles. The summed E-state index contributed by atoms with van der Waals surface area (Å²) in [5.41, 5.74) is 1.20. The fourth-order valence-corrected chi connectivity index (χ4v) is 3.79. The molecule has 2 heterocycles. The number of hydrogen-bond acceptors (Lipinski definition) is 5. The van der Waals surface area contributed by atoms with Gasteiger partial charge in [-0.2, -0.15) is 0 Å². The number of morpholine rings is 1. The van der Waals surface area contributed by atoms with Gasteiger partial charge in [0.15, 0.2) is 5.13 Å². The quantitative estimate of drug-likeness (QED) is 0.834. The molecule has 1 aromatic rings. The minimum atomic E-state index is 0.0249. The highest BCUT2D eigenvalue weighted by Gasteiger charge is 2.19. The molecule has 0 spiro atoms. The van der Waals surface area contributed by atoms with Crippen LogP contribution in [0.3, 0.4) is 0 Å². The van der Waals surface area contributed by atoms with E-state index in [9.17, 15) is 4.79 Å². The number of aromatic nitrogens is 1. The molecular weight excluding hydrogens is 274 g/mol. The van der Waals surface area contributed by atoms with Crippen LogP contribution in [0.15, 0.2) is 0 Å². The Kier molecular flexibility index (Phi) is 4.65. The topological polar surface area (TPSA) is 63.2 Å². The molecule has 2 N–H and O–H groups in total. The summed E-state index contributed by atoms with van der Waals surface area (Å²) in [7, 11) is 0. The Bertz CT molecular complexity index is 445. The normalized spacial score (nSPS) is 22.9. The third-order valence-corrected chi connectivity index (χ3v) is 4.85. The maximum Gasteiger partial charge on any atom is 0.227 e. The lowest BCUT2D eigenvalue weighted by molar-refractivity contribution is -0.117. The third kappa shape index (κ3) is 3.56. The lowest BCUT2D eigenvalue weighted by Crippen LogP contribution is -2.43. The number of nitrogens with zero attached hydrogens (tertiary/aromatic N) is 1. The summed E-state index contributed by atoms with van der Waals surface area (Å²) < 4.78 is 5.36. The fraction of sp³-hybridized carbons (Fsp3) is 0.714. The highest BCUT2D eigenvalue weighted by molar-refractivity contribution is 7.15. The number of hydrogen-bond donors (Lipinski definition) is 2. The first kappa shape index (κ1) is 14.0. The van der Waals surface area contributed by atoms with Gasteiger partial charge in [0.25, 0.3) is 0 Å². The summed E-state index contributed by atoms with van der Waals surface area (Å²) in [5.74, 6) is 0.0249. The Labute approximate surface area is 123 Å². The van der Waals surface area contributed by atoms with E-state index in [1.807, 2.05) is 0 Å². The van der Waals surface area contributed by atoms with Gasteiger partial charge < -0.3 is 15.4 Å². The Morgan fingerprint density at radius 3 is 3.15 bits per heavy atom. The van der Waals surface area contributed by atoms with E-state index in [1.165, 1.54) is 29.8 Å². The van der Waals surface area contributed by atoms with Gasteiger partial charge in [0.2, 0.25) is 5.91 Å². The van der Waals surface area contributed by atoms with Crippen molar-refractivity contribution in [1.82, 2.24) is 10.3 Å². The van der Waals surface area contributed by atoms with Gasteiger partial charge in [-0.1, -0.05) is 6.42 Å². The lowest BCUT2D eigenvalue weighted by Gasteiger charge is -2.22.